The second kappa shape index (κ2) is 13.0. The van der Waals surface area contributed by atoms with Gasteiger partial charge in [-0.15, -0.1) is 10.2 Å². The molecule has 0 aliphatic carbocycles. The third-order valence-corrected chi connectivity index (χ3v) is 11.0. The predicted molar refractivity (Wildman–Crippen MR) is 159 cm³/mol. The lowest BCUT2D eigenvalue weighted by molar-refractivity contribution is -2.00. The van der Waals surface area contributed by atoms with Gasteiger partial charge >= 0.3 is 0 Å². The van der Waals surface area contributed by atoms with E-state index in [-0.39, 0.29) is 0 Å². The number of rotatable bonds is 6. The molecule has 0 aliphatic rings. The first-order valence-electron chi connectivity index (χ1n) is 12.9. The highest BCUT2D eigenvalue weighted by Crippen LogP contribution is 2.54. The van der Waals surface area contributed by atoms with Crippen molar-refractivity contribution < 1.29 is 28.9 Å². The van der Waals surface area contributed by atoms with Gasteiger partial charge in [0.1, 0.15) is 21.7 Å². The van der Waals surface area contributed by atoms with Gasteiger partial charge in [0, 0.05) is 16.3 Å². The normalized spacial score (nSPS) is 11.5. The fourth-order valence-corrected chi connectivity index (χ4v) is 9.12. The monoisotopic (exact) mass is 614 g/mol. The Bertz CT molecular complexity index is 1610. The molecule has 0 saturated heterocycles. The van der Waals surface area contributed by atoms with Gasteiger partial charge in [0.05, 0.1) is 6.20 Å². The van der Waals surface area contributed by atoms with Crippen molar-refractivity contribution in [2.24, 2.45) is 0 Å². The van der Waals surface area contributed by atoms with E-state index in [1.807, 2.05) is 30.3 Å². The van der Waals surface area contributed by atoms with E-state index in [1.54, 1.807) is 0 Å². The Labute approximate surface area is 251 Å². The summed E-state index contributed by atoms with van der Waals surface area (Å²) in [6.45, 7) is 0. The van der Waals surface area contributed by atoms with E-state index in [2.05, 4.69) is 126 Å². The highest BCUT2D eigenvalue weighted by atomic mass is 35.7. The Hall–Kier alpha value is -3.84. The summed E-state index contributed by atoms with van der Waals surface area (Å²) in [5.41, 5.74) is 3.15. The standard InChI is InChI=1S/C33H25ClN2P.ClHO4/c34-27-21-23-28(24-22-27)36-25-32(35-33(36)26-13-5-1-6-14-26)37(29-15-7-2-8-16-29,30-17-9-3-10-18-30)31-19-11-4-12-20-31;2-1(3,4)5/h1-25H;(H,2,3,4,5)/q+1;/p-1. The quantitative estimate of drug-likeness (QED) is 0.267. The van der Waals surface area contributed by atoms with E-state index in [0.29, 0.717) is 5.02 Å². The van der Waals surface area contributed by atoms with Crippen LogP contribution in [0.3, 0.4) is 0 Å². The molecule has 6 aromatic rings. The van der Waals surface area contributed by atoms with E-state index < -0.39 is 17.5 Å². The molecular formula is C33H25Cl2N2O4P. The zero-order valence-corrected chi connectivity index (χ0v) is 24.6. The predicted octanol–water partition coefficient (Wildman–Crippen LogP) is 2.06. The minimum Gasteiger partial charge on any atom is -0.296 e. The lowest BCUT2D eigenvalue weighted by Gasteiger charge is -2.25. The Morgan fingerprint density at radius 2 is 0.929 bits per heavy atom. The summed E-state index contributed by atoms with van der Waals surface area (Å²) < 4.78 is 36.2. The molecule has 6 rings (SSSR count). The molecule has 210 valence electrons. The number of benzene rings is 5. The molecule has 1 aromatic heterocycles. The summed E-state index contributed by atoms with van der Waals surface area (Å²) in [5.74, 6) is 0.907. The van der Waals surface area contributed by atoms with Crippen LogP contribution < -0.4 is 40.0 Å². The van der Waals surface area contributed by atoms with Crippen molar-refractivity contribution in [2.75, 3.05) is 0 Å². The molecule has 0 radical (unpaired) electrons. The Kier molecular flexibility index (Phi) is 9.17. The lowest BCUT2D eigenvalue weighted by atomic mass is 10.2. The van der Waals surface area contributed by atoms with Crippen LogP contribution in [0.5, 0.6) is 0 Å². The molecular weight excluding hydrogens is 590 g/mol. The van der Waals surface area contributed by atoms with Crippen molar-refractivity contribution in [3.8, 4) is 17.1 Å². The van der Waals surface area contributed by atoms with Gasteiger partial charge < -0.3 is 0 Å². The Morgan fingerprint density at radius 3 is 1.33 bits per heavy atom. The third-order valence-electron chi connectivity index (χ3n) is 6.60. The second-order valence-electron chi connectivity index (χ2n) is 9.19. The lowest BCUT2D eigenvalue weighted by Crippen LogP contribution is -2.68. The van der Waals surface area contributed by atoms with Gasteiger partial charge in [-0.3, -0.25) is 4.57 Å². The zero-order chi connectivity index (χ0) is 29.6. The Balaban J connectivity index is 0.000000652. The van der Waals surface area contributed by atoms with E-state index in [4.69, 9.17) is 35.2 Å². The van der Waals surface area contributed by atoms with Crippen molar-refractivity contribution in [1.82, 2.24) is 9.55 Å². The van der Waals surface area contributed by atoms with Crippen LogP contribution >= 0.6 is 18.9 Å². The maximum absolute atomic E-state index is 8.49. The van der Waals surface area contributed by atoms with E-state index in [1.165, 1.54) is 15.9 Å². The summed E-state index contributed by atoms with van der Waals surface area (Å²) in [4.78, 5) is 5.46. The maximum Gasteiger partial charge on any atom is 0.216 e. The molecule has 9 heteroatoms. The molecule has 0 bridgehead atoms. The SMILES string of the molecule is Clc1ccc(-n2cc([P+](c3ccccc3)(c3ccccc3)c3ccccc3)nc2-c2ccccc2)cc1.[O-][Cl+3]([O-])([O-])[O-]. The molecule has 0 aliphatic heterocycles. The fraction of sp³-hybridized carbons (Fsp3) is 0. The van der Waals surface area contributed by atoms with Crippen molar-refractivity contribution in [3.05, 3.63) is 157 Å². The maximum atomic E-state index is 8.49. The number of nitrogens with zero attached hydrogens (tertiary/aromatic N) is 2. The van der Waals surface area contributed by atoms with Crippen LogP contribution in [-0.2, 0) is 0 Å². The largest absolute Gasteiger partial charge is 0.296 e. The molecule has 6 nitrogen and oxygen atoms in total. The van der Waals surface area contributed by atoms with E-state index in [9.17, 15) is 0 Å². The van der Waals surface area contributed by atoms with Gasteiger partial charge in [-0.25, -0.2) is 18.6 Å². The summed E-state index contributed by atoms with van der Waals surface area (Å²) in [5, 5.41) is 4.53. The summed E-state index contributed by atoms with van der Waals surface area (Å²) in [6, 6.07) is 50.8. The molecule has 0 spiro atoms. The molecule has 0 unspecified atom stereocenters. The average molecular weight is 615 g/mol. The van der Waals surface area contributed by atoms with Gasteiger partial charge in [-0.05, 0) is 60.7 Å². The van der Waals surface area contributed by atoms with Crippen LogP contribution in [0.2, 0.25) is 5.02 Å². The first kappa shape index (κ1) is 29.6. The van der Waals surface area contributed by atoms with Crippen LogP contribution in [0.15, 0.2) is 152 Å². The van der Waals surface area contributed by atoms with Crippen molar-refractivity contribution in [3.63, 3.8) is 0 Å². The minimum absolute atomic E-state index is 0.713. The average Bonchev–Trinajstić information content (AvgIpc) is 3.45. The second-order valence-corrected chi connectivity index (χ2v) is 13.7. The van der Waals surface area contributed by atoms with Gasteiger partial charge in [0.2, 0.25) is 5.44 Å². The highest BCUT2D eigenvalue weighted by molar-refractivity contribution is 8.01. The van der Waals surface area contributed by atoms with Crippen LogP contribution in [0.1, 0.15) is 0 Å². The van der Waals surface area contributed by atoms with Gasteiger partial charge in [-0.2, -0.15) is 4.98 Å². The van der Waals surface area contributed by atoms with E-state index in [0.717, 1.165) is 22.5 Å². The van der Waals surface area contributed by atoms with Gasteiger partial charge in [0.15, 0.2) is 7.26 Å². The number of aromatic nitrogens is 2. The van der Waals surface area contributed by atoms with Crippen LogP contribution in [0.4, 0.5) is 0 Å². The number of hydrogen-bond donors (Lipinski definition) is 0. The first-order chi connectivity index (χ1) is 20.3. The molecule has 42 heavy (non-hydrogen) atoms. The first-order valence-corrected chi connectivity index (χ1v) is 16.3. The zero-order valence-electron chi connectivity index (χ0n) is 22.2. The fourth-order valence-electron chi connectivity index (χ4n) is 4.92. The number of halogens is 2. The topological polar surface area (TPSA) is 110 Å². The van der Waals surface area contributed by atoms with Crippen molar-refractivity contribution in [2.45, 2.75) is 0 Å². The van der Waals surface area contributed by atoms with Crippen molar-refractivity contribution in [1.29, 1.82) is 0 Å². The third kappa shape index (κ3) is 6.62. The van der Waals surface area contributed by atoms with Crippen molar-refractivity contribution >= 4 is 40.2 Å². The van der Waals surface area contributed by atoms with Gasteiger partial charge in [-0.1, -0.05) is 96.5 Å². The summed E-state index contributed by atoms with van der Waals surface area (Å²) in [6.07, 6.45) is 2.23. The number of hydrogen-bond acceptors (Lipinski definition) is 5. The molecule has 1 heterocycles. The molecule has 0 atom stereocenters. The minimum atomic E-state index is -4.94. The van der Waals surface area contributed by atoms with Crippen LogP contribution in [-0.4, -0.2) is 9.55 Å². The molecule has 5 aromatic carbocycles. The molecule has 0 saturated carbocycles. The molecule has 0 fully saturated rings. The number of imidazole rings is 1. The summed E-state index contributed by atoms with van der Waals surface area (Å²) in [7, 11) is -7.26. The smallest absolute Gasteiger partial charge is 0.216 e. The van der Waals surface area contributed by atoms with Crippen LogP contribution in [0, 0.1) is 10.2 Å². The molecule has 0 N–H and O–H groups in total. The highest BCUT2D eigenvalue weighted by Gasteiger charge is 2.50. The van der Waals surface area contributed by atoms with Crippen LogP contribution in [0.25, 0.3) is 17.1 Å². The summed E-state index contributed by atoms with van der Waals surface area (Å²) >= 11 is 6.25. The van der Waals surface area contributed by atoms with Gasteiger partial charge in [0.25, 0.3) is 0 Å². The van der Waals surface area contributed by atoms with E-state index >= 15 is 0 Å². The molecule has 0 amide bonds. The Morgan fingerprint density at radius 1 is 0.548 bits per heavy atom.